The van der Waals surface area contributed by atoms with Crippen molar-refractivity contribution in [2.24, 2.45) is 5.92 Å². The van der Waals surface area contributed by atoms with Crippen molar-refractivity contribution in [3.8, 4) is 0 Å². The minimum atomic E-state index is 0.365. The van der Waals surface area contributed by atoms with Gasteiger partial charge >= 0.3 is 0 Å². The average Bonchev–Trinajstić information content (AvgIpc) is 2.42. The molecule has 0 aliphatic heterocycles. The van der Waals surface area contributed by atoms with Crippen molar-refractivity contribution < 1.29 is 0 Å². The Labute approximate surface area is 124 Å². The molecule has 1 N–H and O–H groups in total. The fraction of sp³-hybridized carbons (Fsp3) is 0.750. The molecule has 0 spiro atoms. The van der Waals surface area contributed by atoms with E-state index in [0.717, 1.165) is 37.7 Å². The molecule has 0 aliphatic carbocycles. The predicted octanol–water partition coefficient (Wildman–Crippen LogP) is 3.19. The van der Waals surface area contributed by atoms with Gasteiger partial charge in [-0.25, -0.2) is 9.97 Å². The molecule has 1 aromatic rings. The molecule has 0 atom stereocenters. The van der Waals surface area contributed by atoms with Gasteiger partial charge in [-0.2, -0.15) is 0 Å². The molecule has 0 fully saturated rings. The third-order valence-corrected chi connectivity index (χ3v) is 3.23. The van der Waals surface area contributed by atoms with Gasteiger partial charge in [-0.3, -0.25) is 0 Å². The fourth-order valence-corrected chi connectivity index (χ4v) is 2.18. The Morgan fingerprint density at radius 3 is 2.40 bits per heavy atom. The van der Waals surface area contributed by atoms with E-state index in [1.54, 1.807) is 0 Å². The summed E-state index contributed by atoms with van der Waals surface area (Å²) in [6.45, 7) is 16.9. The lowest BCUT2D eigenvalue weighted by Gasteiger charge is -2.27. The largest absolute Gasteiger partial charge is 0.369 e. The van der Waals surface area contributed by atoms with Crippen LogP contribution in [-0.4, -0.2) is 29.6 Å². The van der Waals surface area contributed by atoms with Crippen LogP contribution >= 0.6 is 0 Å². The normalized spacial score (nSPS) is 11.4. The minimum Gasteiger partial charge on any atom is -0.369 e. The van der Waals surface area contributed by atoms with Gasteiger partial charge in [-0.15, -0.1) is 0 Å². The highest BCUT2D eigenvalue weighted by atomic mass is 15.2. The smallest absolute Gasteiger partial charge is 0.131 e. The number of rotatable bonds is 8. The van der Waals surface area contributed by atoms with E-state index in [9.17, 15) is 0 Å². The van der Waals surface area contributed by atoms with E-state index in [2.05, 4.69) is 56.7 Å². The van der Waals surface area contributed by atoms with Gasteiger partial charge in [0.05, 0.1) is 17.6 Å². The van der Waals surface area contributed by atoms with Gasteiger partial charge in [-0.05, 0) is 19.4 Å². The quantitative estimate of drug-likeness (QED) is 0.793. The molecule has 0 unspecified atom stereocenters. The van der Waals surface area contributed by atoms with Crippen molar-refractivity contribution in [1.29, 1.82) is 0 Å². The molecule has 0 bridgehead atoms. The van der Waals surface area contributed by atoms with Gasteiger partial charge in [0.1, 0.15) is 5.82 Å². The van der Waals surface area contributed by atoms with Gasteiger partial charge in [-0.1, -0.05) is 34.6 Å². The summed E-state index contributed by atoms with van der Waals surface area (Å²) in [5.41, 5.74) is 2.29. The molecule has 0 saturated heterocycles. The van der Waals surface area contributed by atoms with E-state index in [4.69, 9.17) is 4.98 Å². The minimum absolute atomic E-state index is 0.365. The zero-order valence-corrected chi connectivity index (χ0v) is 13.9. The van der Waals surface area contributed by atoms with Crippen LogP contribution in [0.5, 0.6) is 0 Å². The van der Waals surface area contributed by atoms with Crippen LogP contribution in [-0.2, 0) is 6.54 Å². The van der Waals surface area contributed by atoms with Gasteiger partial charge in [0.15, 0.2) is 0 Å². The Hall–Kier alpha value is -1.16. The Kier molecular flexibility index (Phi) is 6.93. The molecule has 20 heavy (non-hydrogen) atoms. The summed E-state index contributed by atoms with van der Waals surface area (Å²) in [5.74, 6) is 1.93. The van der Waals surface area contributed by atoms with Crippen molar-refractivity contribution >= 4 is 5.69 Å². The number of aromatic nitrogens is 2. The highest BCUT2D eigenvalue weighted by Gasteiger charge is 2.15. The van der Waals surface area contributed by atoms with Crippen molar-refractivity contribution in [1.82, 2.24) is 15.3 Å². The van der Waals surface area contributed by atoms with Crippen LogP contribution in [0.25, 0.3) is 0 Å². The molecule has 114 valence electrons. The number of hydrogen-bond donors (Lipinski definition) is 1. The Morgan fingerprint density at radius 1 is 1.20 bits per heavy atom. The maximum Gasteiger partial charge on any atom is 0.131 e. The first-order valence-corrected chi connectivity index (χ1v) is 7.80. The van der Waals surface area contributed by atoms with E-state index in [1.165, 1.54) is 5.69 Å². The average molecular weight is 278 g/mol. The van der Waals surface area contributed by atoms with Crippen molar-refractivity contribution in [2.75, 3.05) is 24.5 Å². The molecular weight excluding hydrogens is 248 g/mol. The Bertz CT molecular complexity index is 401. The summed E-state index contributed by atoms with van der Waals surface area (Å²) in [4.78, 5) is 11.7. The summed E-state index contributed by atoms with van der Waals surface area (Å²) in [6.07, 6.45) is 2.00. The monoisotopic (exact) mass is 278 g/mol. The van der Waals surface area contributed by atoms with E-state index in [0.29, 0.717) is 11.8 Å². The molecule has 0 aromatic carbocycles. The summed E-state index contributed by atoms with van der Waals surface area (Å²) < 4.78 is 0. The van der Waals surface area contributed by atoms with Crippen LogP contribution < -0.4 is 10.2 Å². The van der Waals surface area contributed by atoms with Crippen LogP contribution in [0.3, 0.4) is 0 Å². The fourth-order valence-electron chi connectivity index (χ4n) is 2.18. The summed E-state index contributed by atoms with van der Waals surface area (Å²) in [6, 6.07) is 0. The highest BCUT2D eigenvalue weighted by molar-refractivity contribution is 5.49. The zero-order chi connectivity index (χ0) is 15.1. The Balaban J connectivity index is 3.08. The molecule has 1 aromatic heterocycles. The van der Waals surface area contributed by atoms with Gasteiger partial charge in [0, 0.05) is 25.6 Å². The standard InChI is InChI=1S/C16H30N4/c1-7-17-9-14-15(20(8-2)11-12(3)4)10-18-16(19-14)13(5)6/h10,12-13,17H,7-9,11H2,1-6H3. The van der Waals surface area contributed by atoms with Crippen LogP contribution in [0.2, 0.25) is 0 Å². The first-order chi connectivity index (χ1) is 9.49. The molecule has 0 amide bonds. The molecule has 4 nitrogen and oxygen atoms in total. The van der Waals surface area contributed by atoms with E-state index >= 15 is 0 Å². The van der Waals surface area contributed by atoms with E-state index in [1.807, 2.05) is 6.20 Å². The SMILES string of the molecule is CCNCc1nc(C(C)C)ncc1N(CC)CC(C)C. The van der Waals surface area contributed by atoms with Crippen LogP contribution in [0, 0.1) is 5.92 Å². The third kappa shape index (κ3) is 4.75. The summed E-state index contributed by atoms with van der Waals surface area (Å²) in [7, 11) is 0. The lowest BCUT2D eigenvalue weighted by atomic mass is 10.1. The first kappa shape index (κ1) is 16.9. The van der Waals surface area contributed by atoms with E-state index in [-0.39, 0.29) is 0 Å². The second kappa shape index (κ2) is 8.20. The second-order valence-electron chi connectivity index (χ2n) is 5.93. The lowest BCUT2D eigenvalue weighted by Crippen LogP contribution is -2.30. The molecular formula is C16H30N4. The van der Waals surface area contributed by atoms with Gasteiger partial charge < -0.3 is 10.2 Å². The number of hydrogen-bond acceptors (Lipinski definition) is 4. The maximum atomic E-state index is 4.77. The van der Waals surface area contributed by atoms with Crippen molar-refractivity contribution in [2.45, 2.75) is 54.0 Å². The van der Waals surface area contributed by atoms with E-state index < -0.39 is 0 Å². The molecule has 1 heterocycles. The Morgan fingerprint density at radius 2 is 1.90 bits per heavy atom. The molecule has 0 radical (unpaired) electrons. The summed E-state index contributed by atoms with van der Waals surface area (Å²) in [5, 5.41) is 3.39. The van der Waals surface area contributed by atoms with Gasteiger partial charge in [0.25, 0.3) is 0 Å². The second-order valence-corrected chi connectivity index (χ2v) is 5.93. The zero-order valence-electron chi connectivity index (χ0n) is 13.9. The molecule has 0 aliphatic rings. The number of anilines is 1. The highest BCUT2D eigenvalue weighted by Crippen LogP contribution is 2.21. The topological polar surface area (TPSA) is 41.1 Å². The van der Waals surface area contributed by atoms with Crippen molar-refractivity contribution in [3.63, 3.8) is 0 Å². The van der Waals surface area contributed by atoms with Crippen LogP contribution in [0.4, 0.5) is 5.69 Å². The third-order valence-electron chi connectivity index (χ3n) is 3.23. The molecule has 4 heteroatoms. The first-order valence-electron chi connectivity index (χ1n) is 7.80. The molecule has 0 saturated carbocycles. The van der Waals surface area contributed by atoms with Crippen molar-refractivity contribution in [3.05, 3.63) is 17.7 Å². The van der Waals surface area contributed by atoms with Crippen LogP contribution in [0.1, 0.15) is 59.0 Å². The molecule has 1 rings (SSSR count). The number of nitrogens with one attached hydrogen (secondary N) is 1. The van der Waals surface area contributed by atoms with Crippen LogP contribution in [0.15, 0.2) is 6.20 Å². The predicted molar refractivity (Wildman–Crippen MR) is 86.2 cm³/mol. The summed E-state index contributed by atoms with van der Waals surface area (Å²) >= 11 is 0. The van der Waals surface area contributed by atoms with Gasteiger partial charge in [0.2, 0.25) is 0 Å². The maximum absolute atomic E-state index is 4.77. The number of nitrogens with zero attached hydrogens (tertiary/aromatic N) is 3. The lowest BCUT2D eigenvalue weighted by molar-refractivity contribution is 0.609.